The van der Waals surface area contributed by atoms with Gasteiger partial charge in [-0.15, -0.1) is 0 Å². The lowest BCUT2D eigenvalue weighted by Gasteiger charge is -2.21. The van der Waals surface area contributed by atoms with Gasteiger partial charge in [0.25, 0.3) is 5.91 Å². The zero-order chi connectivity index (χ0) is 18.6. The summed E-state index contributed by atoms with van der Waals surface area (Å²) in [6.45, 7) is 9.49. The van der Waals surface area contributed by atoms with E-state index < -0.39 is 12.1 Å². The summed E-state index contributed by atoms with van der Waals surface area (Å²) in [7, 11) is 0. The number of esters is 1. The second-order valence-corrected chi connectivity index (χ2v) is 6.61. The zero-order valence-corrected chi connectivity index (χ0v) is 15.4. The van der Waals surface area contributed by atoms with E-state index in [1.165, 1.54) is 4.68 Å². The molecule has 6 heteroatoms. The number of nitrogens with zero attached hydrogens (tertiary/aromatic N) is 2. The second-order valence-electron chi connectivity index (χ2n) is 6.61. The van der Waals surface area contributed by atoms with Crippen molar-refractivity contribution in [1.29, 1.82) is 0 Å². The number of hydrogen-bond acceptors (Lipinski definition) is 4. The van der Waals surface area contributed by atoms with E-state index >= 15 is 0 Å². The van der Waals surface area contributed by atoms with Gasteiger partial charge in [0.15, 0.2) is 6.10 Å². The van der Waals surface area contributed by atoms with E-state index in [2.05, 4.69) is 10.4 Å². The Hall–Kier alpha value is -2.63. The van der Waals surface area contributed by atoms with Gasteiger partial charge in [0.2, 0.25) is 0 Å². The molecule has 0 aliphatic rings. The molecule has 1 unspecified atom stereocenters. The maximum atomic E-state index is 12.6. The van der Waals surface area contributed by atoms with E-state index in [0.717, 1.165) is 22.4 Å². The number of carbonyl (C=O) groups is 2. The average molecular weight is 343 g/mol. The molecule has 0 radical (unpaired) electrons. The van der Waals surface area contributed by atoms with Crippen LogP contribution in [0, 0.1) is 26.7 Å². The summed E-state index contributed by atoms with van der Waals surface area (Å²) in [6, 6.07) is 5.71. The first-order valence-corrected chi connectivity index (χ1v) is 8.33. The van der Waals surface area contributed by atoms with Gasteiger partial charge in [0, 0.05) is 11.9 Å². The number of ether oxygens (including phenoxy) is 1. The van der Waals surface area contributed by atoms with Crippen LogP contribution in [0.25, 0.3) is 0 Å². The molecule has 0 spiro atoms. The van der Waals surface area contributed by atoms with Crippen LogP contribution in [0.3, 0.4) is 0 Å². The molecule has 0 saturated carbocycles. The maximum Gasteiger partial charge on any atom is 0.328 e. The number of carbonyl (C=O) groups excluding carboxylic acids is 2. The molecule has 2 rings (SSSR count). The van der Waals surface area contributed by atoms with Gasteiger partial charge in [-0.1, -0.05) is 26.0 Å². The van der Waals surface area contributed by atoms with Gasteiger partial charge in [0.1, 0.15) is 6.54 Å². The monoisotopic (exact) mass is 343 g/mol. The van der Waals surface area contributed by atoms with E-state index in [9.17, 15) is 9.59 Å². The van der Waals surface area contributed by atoms with Gasteiger partial charge < -0.3 is 10.1 Å². The van der Waals surface area contributed by atoms with Crippen molar-refractivity contribution < 1.29 is 14.3 Å². The summed E-state index contributed by atoms with van der Waals surface area (Å²) in [5, 5.41) is 6.92. The number of aryl methyl sites for hydroxylation is 2. The average Bonchev–Trinajstić information content (AvgIpc) is 2.94. The smallest absolute Gasteiger partial charge is 0.328 e. The number of benzene rings is 1. The van der Waals surface area contributed by atoms with Gasteiger partial charge in [-0.25, -0.2) is 0 Å². The Balaban J connectivity index is 2.05. The third-order valence-electron chi connectivity index (χ3n) is 4.04. The first-order valence-electron chi connectivity index (χ1n) is 8.33. The van der Waals surface area contributed by atoms with Gasteiger partial charge in [-0.2, -0.15) is 5.10 Å². The predicted molar refractivity (Wildman–Crippen MR) is 96.2 cm³/mol. The highest BCUT2D eigenvalue weighted by Crippen LogP contribution is 2.19. The molecule has 0 aliphatic heterocycles. The fourth-order valence-electron chi connectivity index (χ4n) is 2.45. The van der Waals surface area contributed by atoms with Crippen molar-refractivity contribution in [3.8, 4) is 0 Å². The fourth-order valence-corrected chi connectivity index (χ4v) is 2.45. The Morgan fingerprint density at radius 2 is 1.96 bits per heavy atom. The maximum absolute atomic E-state index is 12.6. The molecule has 0 aliphatic carbocycles. The summed E-state index contributed by atoms with van der Waals surface area (Å²) in [6.07, 6.45) is 2.56. The van der Waals surface area contributed by atoms with Crippen molar-refractivity contribution in [2.45, 2.75) is 47.3 Å². The van der Waals surface area contributed by atoms with E-state index in [0.29, 0.717) is 0 Å². The van der Waals surface area contributed by atoms with Crippen molar-refractivity contribution in [3.05, 3.63) is 47.3 Å². The summed E-state index contributed by atoms with van der Waals surface area (Å²) in [4.78, 5) is 24.8. The summed E-state index contributed by atoms with van der Waals surface area (Å²) >= 11 is 0. The fraction of sp³-hybridized carbons (Fsp3) is 0.421. The molecule has 1 aromatic carbocycles. The van der Waals surface area contributed by atoms with Gasteiger partial charge in [-0.05, 0) is 49.4 Å². The van der Waals surface area contributed by atoms with Crippen LogP contribution in [-0.2, 0) is 20.9 Å². The molecule has 0 bridgehead atoms. The molecular formula is C19H25N3O3. The minimum absolute atomic E-state index is 0.0200. The number of hydrogen-bond donors (Lipinski definition) is 1. The Labute approximate surface area is 148 Å². The van der Waals surface area contributed by atoms with E-state index in [1.807, 2.05) is 52.8 Å². The van der Waals surface area contributed by atoms with Crippen molar-refractivity contribution in [2.24, 2.45) is 5.92 Å². The van der Waals surface area contributed by atoms with E-state index in [4.69, 9.17) is 4.74 Å². The molecule has 0 fully saturated rings. The van der Waals surface area contributed by atoms with Gasteiger partial charge >= 0.3 is 5.97 Å². The molecule has 1 heterocycles. The van der Waals surface area contributed by atoms with Crippen LogP contribution < -0.4 is 5.32 Å². The van der Waals surface area contributed by atoms with Crippen LogP contribution in [-0.4, -0.2) is 27.8 Å². The predicted octanol–water partition coefficient (Wildman–Crippen LogP) is 3.01. The molecule has 1 aromatic heterocycles. The topological polar surface area (TPSA) is 73.2 Å². The van der Waals surface area contributed by atoms with Gasteiger partial charge in [-0.3, -0.25) is 14.3 Å². The highest BCUT2D eigenvalue weighted by Gasteiger charge is 2.27. The summed E-state index contributed by atoms with van der Waals surface area (Å²) < 4.78 is 6.92. The lowest BCUT2D eigenvalue weighted by Crippen LogP contribution is -2.37. The zero-order valence-electron chi connectivity index (χ0n) is 15.4. The number of anilines is 1. The van der Waals surface area contributed by atoms with Crippen LogP contribution in [0.5, 0.6) is 0 Å². The number of amides is 1. The Bertz CT molecular complexity index is 765. The standard InChI is InChI=1S/C19H25N3O3/c1-12(2)18(25-17(23)11-22-10-13(3)9-20-22)19(24)21-16-8-6-7-14(4)15(16)5/h6-10,12,18H,11H2,1-5H3,(H,21,24). The quantitative estimate of drug-likeness (QED) is 0.818. The van der Waals surface area contributed by atoms with Crippen LogP contribution in [0.2, 0.25) is 0 Å². The van der Waals surface area contributed by atoms with Crippen molar-refractivity contribution in [2.75, 3.05) is 5.32 Å². The molecule has 25 heavy (non-hydrogen) atoms. The van der Waals surface area contributed by atoms with Crippen LogP contribution >= 0.6 is 0 Å². The SMILES string of the molecule is Cc1cnn(CC(=O)OC(C(=O)Nc2cccc(C)c2C)C(C)C)c1. The second kappa shape index (κ2) is 7.96. The summed E-state index contributed by atoms with van der Waals surface area (Å²) in [5.41, 5.74) is 3.77. The van der Waals surface area contributed by atoms with E-state index in [-0.39, 0.29) is 18.4 Å². The van der Waals surface area contributed by atoms with Crippen LogP contribution in [0.4, 0.5) is 5.69 Å². The molecule has 1 amide bonds. The summed E-state index contributed by atoms with van der Waals surface area (Å²) in [5.74, 6) is -0.958. The third kappa shape index (κ3) is 4.92. The number of aromatic nitrogens is 2. The van der Waals surface area contributed by atoms with Crippen molar-refractivity contribution >= 4 is 17.6 Å². The Morgan fingerprint density at radius 1 is 1.24 bits per heavy atom. The number of nitrogens with one attached hydrogen (secondary N) is 1. The lowest BCUT2D eigenvalue weighted by molar-refractivity contribution is -0.157. The third-order valence-corrected chi connectivity index (χ3v) is 4.04. The molecule has 134 valence electrons. The van der Waals surface area contributed by atoms with E-state index in [1.54, 1.807) is 12.4 Å². The molecule has 1 N–H and O–H groups in total. The largest absolute Gasteiger partial charge is 0.451 e. The first-order chi connectivity index (χ1) is 11.8. The lowest BCUT2D eigenvalue weighted by atomic mass is 10.0. The molecular weight excluding hydrogens is 318 g/mol. The minimum atomic E-state index is -0.857. The normalized spacial score (nSPS) is 12.1. The first kappa shape index (κ1) is 18.7. The van der Waals surface area contributed by atoms with Crippen LogP contribution in [0.15, 0.2) is 30.6 Å². The minimum Gasteiger partial charge on any atom is -0.451 e. The molecule has 6 nitrogen and oxygen atoms in total. The molecule has 1 atom stereocenters. The van der Waals surface area contributed by atoms with Crippen molar-refractivity contribution in [1.82, 2.24) is 9.78 Å². The molecule has 2 aromatic rings. The Kier molecular flexibility index (Phi) is 5.96. The van der Waals surface area contributed by atoms with Gasteiger partial charge in [0.05, 0.1) is 6.20 Å². The molecule has 0 saturated heterocycles. The number of rotatable bonds is 6. The highest BCUT2D eigenvalue weighted by molar-refractivity contribution is 5.96. The Morgan fingerprint density at radius 3 is 2.56 bits per heavy atom. The highest BCUT2D eigenvalue weighted by atomic mass is 16.5. The van der Waals surface area contributed by atoms with Crippen molar-refractivity contribution in [3.63, 3.8) is 0 Å². The van der Waals surface area contributed by atoms with Crippen LogP contribution in [0.1, 0.15) is 30.5 Å².